The molecule has 1 N–H and O–H groups in total. The summed E-state index contributed by atoms with van der Waals surface area (Å²) in [7, 11) is 0. The molecule has 0 unspecified atom stereocenters. The molecule has 0 amide bonds. The number of fused-ring (bicyclic) bond motifs is 1. The second-order valence-electron chi connectivity index (χ2n) is 6.22. The summed E-state index contributed by atoms with van der Waals surface area (Å²) in [6.07, 6.45) is 6.59. The number of ether oxygens (including phenoxy) is 1. The second kappa shape index (κ2) is 6.51. The highest BCUT2D eigenvalue weighted by Crippen LogP contribution is 2.31. The summed E-state index contributed by atoms with van der Waals surface area (Å²) in [5, 5.41) is 3.57. The van der Waals surface area contributed by atoms with Gasteiger partial charge < -0.3 is 10.1 Å². The number of Topliss-reactive ketones (excluding diaryl/α,β-unsaturated/α-hetero) is 1. The van der Waals surface area contributed by atoms with Gasteiger partial charge in [-0.25, -0.2) is 4.79 Å². The van der Waals surface area contributed by atoms with Crippen molar-refractivity contribution in [1.82, 2.24) is 0 Å². The molecule has 0 saturated heterocycles. The number of benzene rings is 1. The molecule has 0 aromatic heterocycles. The van der Waals surface area contributed by atoms with Gasteiger partial charge in [0, 0.05) is 24.6 Å². The zero-order valence-corrected chi connectivity index (χ0v) is 13.1. The molecular weight excluding hydrogens is 278 g/mol. The van der Waals surface area contributed by atoms with Crippen molar-refractivity contribution in [3.05, 3.63) is 28.8 Å². The number of hydrogen-bond acceptors (Lipinski definition) is 4. The van der Waals surface area contributed by atoms with Crippen molar-refractivity contribution in [3.63, 3.8) is 0 Å². The first kappa shape index (κ1) is 15.1. The molecule has 1 saturated carbocycles. The third-order valence-corrected chi connectivity index (χ3v) is 4.62. The summed E-state index contributed by atoms with van der Waals surface area (Å²) in [6.45, 7) is 2.19. The van der Waals surface area contributed by atoms with Gasteiger partial charge in [-0.1, -0.05) is 12.8 Å². The molecule has 118 valence electrons. The van der Waals surface area contributed by atoms with Crippen molar-refractivity contribution in [2.75, 3.05) is 11.9 Å². The van der Waals surface area contributed by atoms with Crippen LogP contribution in [0.3, 0.4) is 0 Å². The first-order valence-corrected chi connectivity index (χ1v) is 8.28. The minimum Gasteiger partial charge on any atom is -0.462 e. The monoisotopic (exact) mass is 301 g/mol. The van der Waals surface area contributed by atoms with Crippen LogP contribution in [0, 0.1) is 0 Å². The minimum atomic E-state index is -0.281. The summed E-state index contributed by atoms with van der Waals surface area (Å²) in [5.74, 6) is 0.00234. The highest BCUT2D eigenvalue weighted by Gasteiger charge is 2.24. The van der Waals surface area contributed by atoms with E-state index in [1.54, 1.807) is 0 Å². The van der Waals surface area contributed by atoms with Crippen LogP contribution in [0.5, 0.6) is 0 Å². The molecule has 4 nitrogen and oxygen atoms in total. The number of hydrogen-bond donors (Lipinski definition) is 1. The summed E-state index contributed by atoms with van der Waals surface area (Å²) >= 11 is 0. The average molecular weight is 301 g/mol. The summed E-state index contributed by atoms with van der Waals surface area (Å²) < 4.78 is 5.13. The van der Waals surface area contributed by atoms with Gasteiger partial charge in [-0.05, 0) is 49.4 Å². The number of nitrogens with one attached hydrogen (secondary N) is 1. The van der Waals surface area contributed by atoms with E-state index in [2.05, 4.69) is 5.32 Å². The third-order valence-electron chi connectivity index (χ3n) is 4.62. The van der Waals surface area contributed by atoms with Gasteiger partial charge in [0.25, 0.3) is 0 Å². The molecule has 2 aliphatic carbocycles. The van der Waals surface area contributed by atoms with E-state index in [9.17, 15) is 9.59 Å². The van der Waals surface area contributed by atoms with Crippen LogP contribution in [0.2, 0.25) is 0 Å². The van der Waals surface area contributed by atoms with Crippen molar-refractivity contribution in [3.8, 4) is 0 Å². The summed E-state index contributed by atoms with van der Waals surface area (Å²) in [5.41, 5.74) is 3.75. The zero-order chi connectivity index (χ0) is 15.5. The van der Waals surface area contributed by atoms with Gasteiger partial charge in [-0.2, -0.15) is 0 Å². The van der Waals surface area contributed by atoms with Crippen molar-refractivity contribution >= 4 is 17.4 Å². The lowest BCUT2D eigenvalue weighted by Crippen LogP contribution is -2.21. The molecule has 0 aliphatic heterocycles. The molecule has 3 rings (SSSR count). The smallest absolute Gasteiger partial charge is 0.338 e. The van der Waals surface area contributed by atoms with E-state index in [0.717, 1.165) is 36.1 Å². The van der Waals surface area contributed by atoms with E-state index >= 15 is 0 Å². The maximum absolute atomic E-state index is 12.1. The number of carbonyl (C=O) groups is 2. The molecule has 0 heterocycles. The van der Waals surface area contributed by atoms with E-state index in [4.69, 9.17) is 4.74 Å². The van der Waals surface area contributed by atoms with Crippen molar-refractivity contribution in [2.45, 2.75) is 57.9 Å². The lowest BCUT2D eigenvalue weighted by molar-refractivity contribution is -0.118. The Morgan fingerprint density at radius 1 is 1.27 bits per heavy atom. The van der Waals surface area contributed by atoms with Gasteiger partial charge in [0.05, 0.1) is 12.2 Å². The van der Waals surface area contributed by atoms with E-state index < -0.39 is 0 Å². The first-order chi connectivity index (χ1) is 10.7. The predicted octanol–water partition coefficient (Wildman–Crippen LogP) is 3.28. The van der Waals surface area contributed by atoms with Gasteiger partial charge in [0.1, 0.15) is 5.78 Å². The number of rotatable bonds is 4. The molecule has 0 spiro atoms. The second-order valence-corrected chi connectivity index (χ2v) is 6.22. The maximum Gasteiger partial charge on any atom is 0.338 e. The fourth-order valence-electron chi connectivity index (χ4n) is 3.47. The minimum absolute atomic E-state index is 0.281. The van der Waals surface area contributed by atoms with Crippen LogP contribution >= 0.6 is 0 Å². The summed E-state index contributed by atoms with van der Waals surface area (Å²) in [4.78, 5) is 23.9. The maximum atomic E-state index is 12.1. The highest BCUT2D eigenvalue weighted by atomic mass is 16.5. The molecular formula is C18H23NO3. The lowest BCUT2D eigenvalue weighted by atomic mass is 9.88. The van der Waals surface area contributed by atoms with Crippen LogP contribution < -0.4 is 5.32 Å². The van der Waals surface area contributed by atoms with Crippen LogP contribution in [0.25, 0.3) is 0 Å². The Hall–Kier alpha value is -1.84. The van der Waals surface area contributed by atoms with Crippen molar-refractivity contribution in [2.24, 2.45) is 0 Å². The molecule has 0 radical (unpaired) electrons. The fraction of sp³-hybridized carbons (Fsp3) is 0.556. The Labute approximate surface area is 131 Å². The molecule has 1 fully saturated rings. The van der Waals surface area contributed by atoms with E-state index in [-0.39, 0.29) is 11.8 Å². The molecule has 2 aliphatic rings. The molecule has 1 aromatic rings. The van der Waals surface area contributed by atoms with E-state index in [1.807, 2.05) is 19.1 Å². The fourth-order valence-corrected chi connectivity index (χ4v) is 3.47. The number of carbonyl (C=O) groups excluding carboxylic acids is 2. The molecule has 0 atom stereocenters. The van der Waals surface area contributed by atoms with Gasteiger partial charge in [-0.3, -0.25) is 4.79 Å². The standard InChI is InChI=1S/C18H23NO3/c1-2-22-18(21)13-9-12-7-8-15(20)11-16(12)17(10-13)19-14-5-3-4-6-14/h9-10,14,19H,2-8,11H2,1H3. The average Bonchev–Trinajstić information content (AvgIpc) is 3.01. The first-order valence-electron chi connectivity index (χ1n) is 8.28. The van der Waals surface area contributed by atoms with E-state index in [0.29, 0.717) is 31.1 Å². The van der Waals surface area contributed by atoms with Crippen LogP contribution in [-0.4, -0.2) is 24.4 Å². The predicted molar refractivity (Wildman–Crippen MR) is 85.3 cm³/mol. The van der Waals surface area contributed by atoms with Crippen molar-refractivity contribution in [1.29, 1.82) is 0 Å². The van der Waals surface area contributed by atoms with Gasteiger partial charge >= 0.3 is 5.97 Å². The van der Waals surface area contributed by atoms with Crippen molar-refractivity contribution < 1.29 is 14.3 Å². The van der Waals surface area contributed by atoms with Gasteiger partial charge in [-0.15, -0.1) is 0 Å². The normalized spacial score (nSPS) is 18.1. The van der Waals surface area contributed by atoms with Gasteiger partial charge in [0.15, 0.2) is 0 Å². The SMILES string of the molecule is CCOC(=O)c1cc2c(c(NC3CCCC3)c1)CC(=O)CC2. The van der Waals surface area contributed by atoms with Crippen LogP contribution in [0.1, 0.15) is 60.5 Å². The zero-order valence-electron chi connectivity index (χ0n) is 13.1. The van der Waals surface area contributed by atoms with Crippen LogP contribution in [0.15, 0.2) is 12.1 Å². The Morgan fingerprint density at radius 3 is 2.77 bits per heavy atom. The Balaban J connectivity index is 1.94. The number of anilines is 1. The molecule has 22 heavy (non-hydrogen) atoms. The highest BCUT2D eigenvalue weighted by molar-refractivity contribution is 5.93. The summed E-state index contributed by atoms with van der Waals surface area (Å²) in [6, 6.07) is 4.23. The molecule has 0 bridgehead atoms. The third kappa shape index (κ3) is 3.16. The number of ketones is 1. The Kier molecular flexibility index (Phi) is 4.46. The molecule has 4 heteroatoms. The number of esters is 1. The lowest BCUT2D eigenvalue weighted by Gasteiger charge is -2.23. The van der Waals surface area contributed by atoms with Gasteiger partial charge in [0.2, 0.25) is 0 Å². The van der Waals surface area contributed by atoms with Crippen LogP contribution in [0.4, 0.5) is 5.69 Å². The Bertz CT molecular complexity index is 588. The van der Waals surface area contributed by atoms with E-state index in [1.165, 1.54) is 12.8 Å². The molecule has 1 aromatic carbocycles. The largest absolute Gasteiger partial charge is 0.462 e. The number of aryl methyl sites for hydroxylation is 1. The Morgan fingerprint density at radius 2 is 2.05 bits per heavy atom. The van der Waals surface area contributed by atoms with Crippen LogP contribution in [-0.2, 0) is 22.4 Å². The topological polar surface area (TPSA) is 55.4 Å². The quantitative estimate of drug-likeness (QED) is 0.867.